The van der Waals surface area contributed by atoms with E-state index in [0.717, 1.165) is 15.4 Å². The highest BCUT2D eigenvalue weighted by atomic mass is 79.9. The Bertz CT molecular complexity index is 1680. The van der Waals surface area contributed by atoms with Crippen molar-refractivity contribution in [3.05, 3.63) is 95.5 Å². The molecule has 0 aliphatic carbocycles. The van der Waals surface area contributed by atoms with Gasteiger partial charge in [0.1, 0.15) is 19.5 Å². The van der Waals surface area contributed by atoms with E-state index in [0.29, 0.717) is 16.5 Å². The summed E-state index contributed by atoms with van der Waals surface area (Å²) < 4.78 is 42.0. The third-order valence-corrected chi connectivity index (χ3v) is 7.38. The molecule has 0 aliphatic heterocycles. The SMILES string of the molecule is Cc1ccc(-c2c(NS(=O)(=O)c3cccc4ccccc34)ncnc2OCCOc2ncc(Br)cn2)cc1. The van der Waals surface area contributed by atoms with Gasteiger partial charge in [-0.2, -0.15) is 0 Å². The van der Waals surface area contributed by atoms with Crippen molar-refractivity contribution in [1.82, 2.24) is 19.9 Å². The van der Waals surface area contributed by atoms with Crippen molar-refractivity contribution in [3.8, 4) is 23.0 Å². The van der Waals surface area contributed by atoms with Crippen molar-refractivity contribution < 1.29 is 17.9 Å². The van der Waals surface area contributed by atoms with Gasteiger partial charge in [-0.3, -0.25) is 4.72 Å². The van der Waals surface area contributed by atoms with Crippen molar-refractivity contribution in [2.45, 2.75) is 11.8 Å². The molecular formula is C27H22BrN5O4S. The molecule has 0 saturated heterocycles. The summed E-state index contributed by atoms with van der Waals surface area (Å²) in [6.45, 7) is 2.23. The molecule has 0 bridgehead atoms. The summed E-state index contributed by atoms with van der Waals surface area (Å²) in [6, 6.07) is 20.2. The predicted molar refractivity (Wildman–Crippen MR) is 148 cm³/mol. The van der Waals surface area contributed by atoms with Crippen molar-refractivity contribution in [2.24, 2.45) is 0 Å². The summed E-state index contributed by atoms with van der Waals surface area (Å²) in [5.41, 5.74) is 2.16. The highest BCUT2D eigenvalue weighted by molar-refractivity contribution is 9.10. The molecule has 5 aromatic rings. The predicted octanol–water partition coefficient (Wildman–Crippen LogP) is 5.42. The number of anilines is 1. The average Bonchev–Trinajstić information content (AvgIpc) is 2.92. The first-order valence-corrected chi connectivity index (χ1v) is 13.8. The van der Waals surface area contributed by atoms with E-state index in [-0.39, 0.29) is 35.8 Å². The number of sulfonamides is 1. The minimum Gasteiger partial charge on any atom is -0.473 e. The van der Waals surface area contributed by atoms with Crippen molar-refractivity contribution in [1.29, 1.82) is 0 Å². The Labute approximate surface area is 228 Å². The summed E-state index contributed by atoms with van der Waals surface area (Å²) in [7, 11) is -4.00. The van der Waals surface area contributed by atoms with Gasteiger partial charge < -0.3 is 9.47 Å². The lowest BCUT2D eigenvalue weighted by molar-refractivity contribution is 0.202. The van der Waals surface area contributed by atoms with E-state index in [4.69, 9.17) is 9.47 Å². The zero-order chi connectivity index (χ0) is 26.5. The Balaban J connectivity index is 1.45. The summed E-state index contributed by atoms with van der Waals surface area (Å²) in [5.74, 6) is 0.309. The van der Waals surface area contributed by atoms with Gasteiger partial charge in [-0.15, -0.1) is 0 Å². The standard InChI is InChI=1S/C27H22BrN5O4S/c1-18-9-11-20(12-10-18)24-25(33-38(34,35)23-8-4-6-19-5-2-3-7-22(19)23)31-17-32-26(24)36-13-14-37-27-29-15-21(28)16-30-27/h2-12,15-17H,13-14H2,1H3,(H,31,32,33). The van der Waals surface area contributed by atoms with E-state index in [1.807, 2.05) is 49.4 Å². The molecule has 5 rings (SSSR count). The van der Waals surface area contributed by atoms with Crippen LogP contribution in [0.5, 0.6) is 11.9 Å². The lowest BCUT2D eigenvalue weighted by Crippen LogP contribution is -2.17. The maximum atomic E-state index is 13.6. The summed E-state index contributed by atoms with van der Waals surface area (Å²) >= 11 is 3.28. The average molecular weight is 592 g/mol. The first-order chi connectivity index (χ1) is 18.4. The lowest BCUT2D eigenvalue weighted by Gasteiger charge is -2.16. The van der Waals surface area contributed by atoms with E-state index in [1.54, 1.807) is 36.7 Å². The number of fused-ring (bicyclic) bond motifs is 1. The third kappa shape index (κ3) is 5.74. The molecule has 0 saturated carbocycles. The molecule has 38 heavy (non-hydrogen) atoms. The number of benzene rings is 3. The second-order valence-corrected chi connectivity index (χ2v) is 10.8. The van der Waals surface area contributed by atoms with Crippen molar-refractivity contribution in [2.75, 3.05) is 17.9 Å². The Morgan fingerprint density at radius 1 is 0.842 bits per heavy atom. The third-order valence-electron chi connectivity index (χ3n) is 5.57. The number of aryl methyl sites for hydroxylation is 1. The largest absolute Gasteiger partial charge is 0.473 e. The van der Waals surface area contributed by atoms with Crippen LogP contribution in [0.3, 0.4) is 0 Å². The maximum absolute atomic E-state index is 13.6. The van der Waals surface area contributed by atoms with Crippen LogP contribution in [0.1, 0.15) is 5.56 Å². The van der Waals surface area contributed by atoms with E-state index >= 15 is 0 Å². The Kier molecular flexibility index (Phi) is 7.47. The summed E-state index contributed by atoms with van der Waals surface area (Å²) in [4.78, 5) is 16.8. The number of hydrogen-bond acceptors (Lipinski definition) is 8. The number of nitrogens with one attached hydrogen (secondary N) is 1. The van der Waals surface area contributed by atoms with Crippen LogP contribution in [0.4, 0.5) is 5.82 Å². The molecule has 3 aromatic carbocycles. The highest BCUT2D eigenvalue weighted by Gasteiger charge is 2.23. The van der Waals surface area contributed by atoms with Gasteiger partial charge >= 0.3 is 6.01 Å². The first kappa shape index (κ1) is 25.6. The van der Waals surface area contributed by atoms with Crippen LogP contribution in [0.25, 0.3) is 21.9 Å². The zero-order valence-electron chi connectivity index (χ0n) is 20.2. The minimum absolute atomic E-state index is 0.101. The highest BCUT2D eigenvalue weighted by Crippen LogP contribution is 2.35. The Hall–Kier alpha value is -4.09. The fourth-order valence-corrected chi connectivity index (χ4v) is 5.25. The molecule has 0 aliphatic rings. The fourth-order valence-electron chi connectivity index (χ4n) is 3.80. The van der Waals surface area contributed by atoms with Gasteiger partial charge in [0.05, 0.1) is 14.9 Å². The van der Waals surface area contributed by atoms with E-state index < -0.39 is 10.0 Å². The molecule has 1 N–H and O–H groups in total. The van der Waals surface area contributed by atoms with Gasteiger partial charge in [0.15, 0.2) is 5.82 Å². The van der Waals surface area contributed by atoms with Crippen LogP contribution in [0.2, 0.25) is 0 Å². The number of halogens is 1. The van der Waals surface area contributed by atoms with Crippen molar-refractivity contribution in [3.63, 3.8) is 0 Å². The Morgan fingerprint density at radius 2 is 1.55 bits per heavy atom. The number of nitrogens with zero attached hydrogens (tertiary/aromatic N) is 4. The zero-order valence-corrected chi connectivity index (χ0v) is 22.6. The molecule has 0 atom stereocenters. The maximum Gasteiger partial charge on any atom is 0.316 e. The molecule has 2 aromatic heterocycles. The van der Waals surface area contributed by atoms with E-state index in [1.165, 1.54) is 6.33 Å². The van der Waals surface area contributed by atoms with Crippen LogP contribution in [0, 0.1) is 6.92 Å². The molecule has 192 valence electrons. The smallest absolute Gasteiger partial charge is 0.316 e. The number of ether oxygens (including phenoxy) is 2. The molecule has 9 nitrogen and oxygen atoms in total. The van der Waals surface area contributed by atoms with Gasteiger partial charge in [-0.25, -0.2) is 28.4 Å². The summed E-state index contributed by atoms with van der Waals surface area (Å²) in [6.07, 6.45) is 4.42. The second-order valence-electron chi connectivity index (χ2n) is 8.23. The molecule has 0 radical (unpaired) electrons. The van der Waals surface area contributed by atoms with Crippen LogP contribution in [0.15, 0.2) is 94.8 Å². The van der Waals surface area contributed by atoms with Crippen LogP contribution in [-0.4, -0.2) is 41.6 Å². The Morgan fingerprint density at radius 3 is 2.34 bits per heavy atom. The minimum atomic E-state index is -4.00. The molecule has 0 spiro atoms. The van der Waals surface area contributed by atoms with Gasteiger partial charge in [0.2, 0.25) is 5.88 Å². The first-order valence-electron chi connectivity index (χ1n) is 11.6. The molecule has 2 heterocycles. The monoisotopic (exact) mass is 591 g/mol. The quantitative estimate of drug-likeness (QED) is 0.226. The van der Waals surface area contributed by atoms with E-state index in [9.17, 15) is 8.42 Å². The number of aromatic nitrogens is 4. The van der Waals surface area contributed by atoms with Crippen LogP contribution < -0.4 is 14.2 Å². The second kappa shape index (κ2) is 11.1. The number of hydrogen-bond donors (Lipinski definition) is 1. The normalized spacial score (nSPS) is 11.3. The van der Waals surface area contributed by atoms with Gasteiger partial charge in [0.25, 0.3) is 10.0 Å². The van der Waals surface area contributed by atoms with E-state index in [2.05, 4.69) is 40.6 Å². The van der Waals surface area contributed by atoms with Crippen LogP contribution >= 0.6 is 15.9 Å². The molecular weight excluding hydrogens is 570 g/mol. The number of rotatable bonds is 9. The van der Waals surface area contributed by atoms with Gasteiger partial charge in [0, 0.05) is 17.8 Å². The van der Waals surface area contributed by atoms with Gasteiger partial charge in [-0.1, -0.05) is 66.2 Å². The topological polar surface area (TPSA) is 116 Å². The van der Waals surface area contributed by atoms with Gasteiger partial charge in [-0.05, 0) is 39.9 Å². The van der Waals surface area contributed by atoms with Crippen molar-refractivity contribution >= 4 is 42.5 Å². The lowest BCUT2D eigenvalue weighted by atomic mass is 10.1. The molecule has 11 heteroatoms. The molecule has 0 amide bonds. The van der Waals surface area contributed by atoms with Crippen LogP contribution in [-0.2, 0) is 10.0 Å². The fraction of sp³-hybridized carbons (Fsp3) is 0.111. The summed E-state index contributed by atoms with van der Waals surface area (Å²) in [5, 5.41) is 1.42. The molecule has 0 unspecified atom stereocenters. The molecule has 0 fully saturated rings.